The molecule has 3 heteroatoms. The average molecular weight is 334 g/mol. The van der Waals surface area contributed by atoms with Crippen LogP contribution in [0.15, 0.2) is 78.9 Å². The van der Waals surface area contributed by atoms with Crippen LogP contribution in [0.2, 0.25) is 0 Å². The Labute approximate surface area is 143 Å². The molecule has 0 aliphatic heterocycles. The Kier molecular flexibility index (Phi) is 5.08. The Balaban J connectivity index is 2.24. The van der Waals surface area contributed by atoms with Crippen molar-refractivity contribution in [1.82, 2.24) is 0 Å². The van der Waals surface area contributed by atoms with Gasteiger partial charge in [0.2, 0.25) is 0 Å². The van der Waals surface area contributed by atoms with Gasteiger partial charge in [-0.15, -0.1) is 0 Å². The van der Waals surface area contributed by atoms with Crippen molar-refractivity contribution in [1.29, 1.82) is 0 Å². The lowest BCUT2D eigenvalue weighted by Gasteiger charge is -2.22. The molecular formula is C21H19O2P. The van der Waals surface area contributed by atoms with Crippen LogP contribution in [-0.2, 0) is 4.74 Å². The number of hydrogen-bond acceptors (Lipinski definition) is 2. The summed E-state index contributed by atoms with van der Waals surface area (Å²) >= 11 is 0. The molecule has 0 fully saturated rings. The number of esters is 1. The van der Waals surface area contributed by atoms with Crippen LogP contribution in [0.25, 0.3) is 0 Å². The molecular weight excluding hydrogens is 315 g/mol. The third-order valence-electron chi connectivity index (χ3n) is 3.83. The Bertz CT molecular complexity index is 789. The summed E-state index contributed by atoms with van der Waals surface area (Å²) in [6.45, 7) is 2.05. The van der Waals surface area contributed by atoms with E-state index in [1.165, 1.54) is 17.7 Å². The van der Waals surface area contributed by atoms with E-state index >= 15 is 0 Å². The molecule has 24 heavy (non-hydrogen) atoms. The van der Waals surface area contributed by atoms with Gasteiger partial charge in [0, 0.05) is 0 Å². The number of methoxy groups -OCH3 is 1. The monoisotopic (exact) mass is 334 g/mol. The zero-order valence-corrected chi connectivity index (χ0v) is 14.7. The summed E-state index contributed by atoms with van der Waals surface area (Å²) in [5.41, 5.74) is 1.78. The first kappa shape index (κ1) is 16.4. The van der Waals surface area contributed by atoms with Gasteiger partial charge in [0.05, 0.1) is 12.7 Å². The van der Waals surface area contributed by atoms with E-state index in [2.05, 4.69) is 30.3 Å². The summed E-state index contributed by atoms with van der Waals surface area (Å²) in [5.74, 6) is -0.288. The second kappa shape index (κ2) is 7.42. The molecule has 3 aromatic rings. The maximum atomic E-state index is 12.3. The zero-order valence-electron chi connectivity index (χ0n) is 13.8. The SMILES string of the molecule is COC(=O)c1ccc(C)cc1P(c1ccccc1)c1ccccc1. The van der Waals surface area contributed by atoms with E-state index in [9.17, 15) is 4.79 Å². The minimum absolute atomic E-state index is 0.288. The lowest BCUT2D eigenvalue weighted by Crippen LogP contribution is -2.26. The molecule has 120 valence electrons. The number of benzene rings is 3. The van der Waals surface area contributed by atoms with Crippen molar-refractivity contribution >= 4 is 29.8 Å². The van der Waals surface area contributed by atoms with Crippen molar-refractivity contribution in [3.05, 3.63) is 90.0 Å². The van der Waals surface area contributed by atoms with Gasteiger partial charge in [-0.05, 0) is 36.8 Å². The Morgan fingerprint density at radius 2 is 1.38 bits per heavy atom. The highest BCUT2D eigenvalue weighted by Gasteiger charge is 2.22. The normalized spacial score (nSPS) is 10.6. The van der Waals surface area contributed by atoms with E-state index in [1.54, 1.807) is 0 Å². The van der Waals surface area contributed by atoms with E-state index in [0.29, 0.717) is 5.56 Å². The van der Waals surface area contributed by atoms with Gasteiger partial charge in [-0.2, -0.15) is 0 Å². The van der Waals surface area contributed by atoms with Crippen LogP contribution in [0.4, 0.5) is 0 Å². The molecule has 3 aromatic carbocycles. The molecule has 0 saturated carbocycles. The van der Waals surface area contributed by atoms with Crippen LogP contribution in [0, 0.1) is 6.92 Å². The van der Waals surface area contributed by atoms with Gasteiger partial charge in [-0.25, -0.2) is 4.79 Å². The number of carbonyl (C=O) groups excluding carboxylic acids is 1. The number of hydrogen-bond donors (Lipinski definition) is 0. The van der Waals surface area contributed by atoms with Crippen molar-refractivity contribution in [3.8, 4) is 0 Å². The Morgan fingerprint density at radius 3 is 1.88 bits per heavy atom. The van der Waals surface area contributed by atoms with Gasteiger partial charge in [0.15, 0.2) is 0 Å². The molecule has 0 amide bonds. The molecule has 0 N–H and O–H groups in total. The maximum absolute atomic E-state index is 12.3. The van der Waals surface area contributed by atoms with E-state index in [0.717, 1.165) is 10.9 Å². The fraction of sp³-hybridized carbons (Fsp3) is 0.0952. The third-order valence-corrected chi connectivity index (χ3v) is 6.31. The van der Waals surface area contributed by atoms with Gasteiger partial charge < -0.3 is 4.74 Å². The number of carbonyl (C=O) groups is 1. The van der Waals surface area contributed by atoms with Crippen molar-refractivity contribution in [2.45, 2.75) is 6.92 Å². The first-order valence-electron chi connectivity index (χ1n) is 7.80. The number of aryl methyl sites for hydroxylation is 1. The summed E-state index contributed by atoms with van der Waals surface area (Å²) in [5, 5.41) is 3.47. The van der Waals surface area contributed by atoms with Crippen LogP contribution in [0.3, 0.4) is 0 Å². The number of ether oxygens (including phenoxy) is 1. The summed E-state index contributed by atoms with van der Waals surface area (Å²) < 4.78 is 5.01. The summed E-state index contributed by atoms with van der Waals surface area (Å²) in [6.07, 6.45) is 0. The van der Waals surface area contributed by atoms with Gasteiger partial charge in [-0.1, -0.05) is 78.4 Å². The highest BCUT2D eigenvalue weighted by Crippen LogP contribution is 2.34. The average Bonchev–Trinajstić information content (AvgIpc) is 2.63. The summed E-state index contributed by atoms with van der Waals surface area (Å²) in [7, 11) is 0.608. The Hall–Kier alpha value is -2.44. The minimum Gasteiger partial charge on any atom is -0.465 e. The summed E-state index contributed by atoms with van der Waals surface area (Å²) in [4.78, 5) is 12.3. The van der Waals surface area contributed by atoms with Gasteiger partial charge in [0.1, 0.15) is 0 Å². The van der Waals surface area contributed by atoms with Crippen LogP contribution in [0.1, 0.15) is 15.9 Å². The quantitative estimate of drug-likeness (QED) is 0.539. The molecule has 2 nitrogen and oxygen atoms in total. The van der Waals surface area contributed by atoms with Crippen LogP contribution >= 0.6 is 7.92 Å². The Morgan fingerprint density at radius 1 is 0.833 bits per heavy atom. The second-order valence-corrected chi connectivity index (χ2v) is 7.70. The molecule has 0 bridgehead atoms. The van der Waals surface area contributed by atoms with Crippen molar-refractivity contribution in [2.24, 2.45) is 0 Å². The first-order chi connectivity index (χ1) is 11.7. The molecule has 0 heterocycles. The lowest BCUT2D eigenvalue weighted by atomic mass is 10.1. The topological polar surface area (TPSA) is 26.3 Å². The largest absolute Gasteiger partial charge is 0.465 e. The first-order valence-corrected chi connectivity index (χ1v) is 9.14. The predicted molar refractivity (Wildman–Crippen MR) is 101 cm³/mol. The van der Waals surface area contributed by atoms with Crippen molar-refractivity contribution in [2.75, 3.05) is 7.11 Å². The van der Waals surface area contributed by atoms with Crippen LogP contribution in [0.5, 0.6) is 0 Å². The molecule has 0 aliphatic carbocycles. The zero-order chi connectivity index (χ0) is 16.9. The smallest absolute Gasteiger partial charge is 0.338 e. The van der Waals surface area contributed by atoms with Crippen molar-refractivity contribution in [3.63, 3.8) is 0 Å². The van der Waals surface area contributed by atoms with E-state index in [4.69, 9.17) is 4.74 Å². The molecule has 0 radical (unpaired) electrons. The third kappa shape index (κ3) is 3.39. The summed E-state index contributed by atoms with van der Waals surface area (Å²) in [6, 6.07) is 26.6. The van der Waals surface area contributed by atoms with Gasteiger partial charge in [-0.3, -0.25) is 0 Å². The van der Waals surface area contributed by atoms with E-state index in [-0.39, 0.29) is 5.97 Å². The fourth-order valence-electron chi connectivity index (χ4n) is 2.69. The van der Waals surface area contributed by atoms with E-state index in [1.807, 2.05) is 55.5 Å². The molecule has 0 unspecified atom stereocenters. The van der Waals surface area contributed by atoms with Crippen LogP contribution < -0.4 is 15.9 Å². The molecule has 0 spiro atoms. The van der Waals surface area contributed by atoms with E-state index < -0.39 is 7.92 Å². The second-order valence-electron chi connectivity index (χ2n) is 5.52. The number of rotatable bonds is 4. The standard InChI is InChI=1S/C21H19O2P/c1-16-13-14-19(21(22)23-2)20(15-16)24(17-9-5-3-6-10-17)18-11-7-4-8-12-18/h3-15H,1-2H3. The predicted octanol–water partition coefficient (Wildman–Crippen LogP) is 3.54. The minimum atomic E-state index is -0.822. The van der Waals surface area contributed by atoms with Crippen molar-refractivity contribution < 1.29 is 9.53 Å². The van der Waals surface area contributed by atoms with Gasteiger partial charge >= 0.3 is 5.97 Å². The molecule has 0 aromatic heterocycles. The maximum Gasteiger partial charge on any atom is 0.338 e. The van der Waals surface area contributed by atoms with Crippen LogP contribution in [-0.4, -0.2) is 13.1 Å². The lowest BCUT2D eigenvalue weighted by molar-refractivity contribution is 0.0602. The fourth-order valence-corrected chi connectivity index (χ4v) is 5.23. The highest BCUT2D eigenvalue weighted by atomic mass is 31.1. The molecule has 0 atom stereocenters. The van der Waals surface area contributed by atoms with Gasteiger partial charge in [0.25, 0.3) is 0 Å². The molecule has 0 aliphatic rings. The highest BCUT2D eigenvalue weighted by molar-refractivity contribution is 7.80. The molecule has 3 rings (SSSR count). The molecule has 0 saturated heterocycles.